The SMILES string of the molecule is COC1CCC(N2C(=O)C(C(C)C)NC(=O)C2C)C1. The molecule has 1 heterocycles. The van der Waals surface area contributed by atoms with Gasteiger partial charge in [-0.1, -0.05) is 13.8 Å². The molecule has 5 nitrogen and oxygen atoms in total. The first-order valence-electron chi connectivity index (χ1n) is 7.11. The van der Waals surface area contributed by atoms with E-state index in [9.17, 15) is 9.59 Å². The van der Waals surface area contributed by atoms with Gasteiger partial charge in [0.15, 0.2) is 0 Å². The van der Waals surface area contributed by atoms with Gasteiger partial charge in [0, 0.05) is 13.2 Å². The van der Waals surface area contributed by atoms with Crippen LogP contribution < -0.4 is 5.32 Å². The number of methoxy groups -OCH3 is 1. The number of carbonyl (C=O) groups is 2. The average molecular weight is 268 g/mol. The molecule has 2 amide bonds. The molecule has 1 saturated heterocycles. The van der Waals surface area contributed by atoms with Gasteiger partial charge >= 0.3 is 0 Å². The zero-order valence-electron chi connectivity index (χ0n) is 12.2. The van der Waals surface area contributed by atoms with Gasteiger partial charge in [0.1, 0.15) is 12.1 Å². The van der Waals surface area contributed by atoms with E-state index in [1.54, 1.807) is 12.0 Å². The molecular formula is C14H24N2O3. The summed E-state index contributed by atoms with van der Waals surface area (Å²) in [6.07, 6.45) is 2.94. The fourth-order valence-corrected chi connectivity index (χ4v) is 3.15. The Morgan fingerprint density at radius 2 is 2.00 bits per heavy atom. The third-order valence-electron chi connectivity index (χ3n) is 4.37. The number of ether oxygens (including phenoxy) is 1. The average Bonchev–Trinajstić information content (AvgIpc) is 2.82. The number of nitrogens with zero attached hydrogens (tertiary/aromatic N) is 1. The van der Waals surface area contributed by atoms with Gasteiger partial charge in [-0.25, -0.2) is 0 Å². The van der Waals surface area contributed by atoms with Crippen molar-refractivity contribution in [2.24, 2.45) is 5.92 Å². The van der Waals surface area contributed by atoms with Crippen molar-refractivity contribution in [1.82, 2.24) is 10.2 Å². The van der Waals surface area contributed by atoms with Crippen LogP contribution in [0.2, 0.25) is 0 Å². The molecule has 1 saturated carbocycles. The van der Waals surface area contributed by atoms with E-state index in [2.05, 4.69) is 5.32 Å². The molecule has 108 valence electrons. The van der Waals surface area contributed by atoms with E-state index in [4.69, 9.17) is 4.74 Å². The van der Waals surface area contributed by atoms with Gasteiger partial charge in [-0.2, -0.15) is 0 Å². The lowest BCUT2D eigenvalue weighted by atomic mass is 9.96. The highest BCUT2D eigenvalue weighted by molar-refractivity contribution is 5.97. The lowest BCUT2D eigenvalue weighted by Gasteiger charge is -2.42. The molecule has 1 aliphatic heterocycles. The quantitative estimate of drug-likeness (QED) is 0.828. The van der Waals surface area contributed by atoms with Crippen LogP contribution in [-0.4, -0.2) is 48.1 Å². The first kappa shape index (κ1) is 14.3. The fraction of sp³-hybridized carbons (Fsp3) is 0.857. The molecule has 2 rings (SSSR count). The predicted octanol–water partition coefficient (Wildman–Crippen LogP) is 0.925. The summed E-state index contributed by atoms with van der Waals surface area (Å²) in [6.45, 7) is 5.73. The number of piperazine rings is 1. The summed E-state index contributed by atoms with van der Waals surface area (Å²) in [4.78, 5) is 26.4. The number of nitrogens with one attached hydrogen (secondary N) is 1. The highest BCUT2D eigenvalue weighted by atomic mass is 16.5. The van der Waals surface area contributed by atoms with Crippen LogP contribution in [0.3, 0.4) is 0 Å². The smallest absolute Gasteiger partial charge is 0.246 e. The topological polar surface area (TPSA) is 58.6 Å². The third-order valence-corrected chi connectivity index (χ3v) is 4.37. The van der Waals surface area contributed by atoms with Crippen LogP contribution in [0, 0.1) is 5.92 Å². The van der Waals surface area contributed by atoms with E-state index in [-0.39, 0.29) is 42.0 Å². The van der Waals surface area contributed by atoms with Crippen molar-refractivity contribution in [3.05, 3.63) is 0 Å². The molecule has 0 aromatic rings. The predicted molar refractivity (Wildman–Crippen MR) is 71.5 cm³/mol. The van der Waals surface area contributed by atoms with E-state index in [1.807, 2.05) is 20.8 Å². The molecule has 0 spiro atoms. The van der Waals surface area contributed by atoms with Crippen molar-refractivity contribution in [3.8, 4) is 0 Å². The second-order valence-electron chi connectivity index (χ2n) is 5.98. The van der Waals surface area contributed by atoms with Gasteiger partial charge in [-0.05, 0) is 32.1 Å². The number of carbonyl (C=O) groups excluding carboxylic acids is 2. The van der Waals surface area contributed by atoms with Crippen molar-refractivity contribution in [2.75, 3.05) is 7.11 Å². The monoisotopic (exact) mass is 268 g/mol. The van der Waals surface area contributed by atoms with Crippen LogP contribution in [0.4, 0.5) is 0 Å². The standard InChI is InChI=1S/C14H24N2O3/c1-8(2)12-14(18)16(9(3)13(17)15-12)10-5-6-11(7-10)19-4/h8-12H,5-7H2,1-4H3,(H,15,17). The van der Waals surface area contributed by atoms with E-state index in [0.717, 1.165) is 19.3 Å². The molecule has 1 N–H and O–H groups in total. The van der Waals surface area contributed by atoms with Gasteiger partial charge in [0.2, 0.25) is 11.8 Å². The molecule has 0 radical (unpaired) electrons. The second-order valence-corrected chi connectivity index (χ2v) is 5.98. The van der Waals surface area contributed by atoms with Gasteiger partial charge in [0.25, 0.3) is 0 Å². The summed E-state index contributed by atoms with van der Waals surface area (Å²) in [5.41, 5.74) is 0. The van der Waals surface area contributed by atoms with Crippen molar-refractivity contribution >= 4 is 11.8 Å². The van der Waals surface area contributed by atoms with Gasteiger partial charge < -0.3 is 15.0 Å². The molecule has 4 atom stereocenters. The molecular weight excluding hydrogens is 244 g/mol. The van der Waals surface area contributed by atoms with Crippen LogP contribution >= 0.6 is 0 Å². The Bertz CT molecular complexity index is 370. The minimum atomic E-state index is -0.384. The van der Waals surface area contributed by atoms with Crippen LogP contribution in [0.15, 0.2) is 0 Å². The number of hydrogen-bond donors (Lipinski definition) is 1. The maximum atomic E-state index is 12.6. The molecule has 2 fully saturated rings. The Morgan fingerprint density at radius 3 is 2.53 bits per heavy atom. The van der Waals surface area contributed by atoms with Gasteiger partial charge in [-0.3, -0.25) is 9.59 Å². The van der Waals surface area contributed by atoms with E-state index < -0.39 is 0 Å². The third kappa shape index (κ3) is 2.61. The number of rotatable bonds is 3. The number of hydrogen-bond acceptors (Lipinski definition) is 3. The zero-order chi connectivity index (χ0) is 14.2. The van der Waals surface area contributed by atoms with Crippen LogP contribution in [0.5, 0.6) is 0 Å². The molecule has 5 heteroatoms. The summed E-state index contributed by atoms with van der Waals surface area (Å²) in [7, 11) is 1.71. The normalized spacial score (nSPS) is 35.9. The van der Waals surface area contributed by atoms with Gasteiger partial charge in [-0.15, -0.1) is 0 Å². The van der Waals surface area contributed by atoms with Crippen LogP contribution in [0.25, 0.3) is 0 Å². The summed E-state index contributed by atoms with van der Waals surface area (Å²) in [5.74, 6) is 0.133. The zero-order valence-corrected chi connectivity index (χ0v) is 12.2. The number of amides is 2. The molecule has 2 aliphatic rings. The maximum absolute atomic E-state index is 12.6. The fourth-order valence-electron chi connectivity index (χ4n) is 3.15. The van der Waals surface area contributed by atoms with Crippen molar-refractivity contribution in [3.63, 3.8) is 0 Å². The van der Waals surface area contributed by atoms with Crippen molar-refractivity contribution in [1.29, 1.82) is 0 Å². The minimum Gasteiger partial charge on any atom is -0.381 e. The highest BCUT2D eigenvalue weighted by Gasteiger charge is 2.44. The lowest BCUT2D eigenvalue weighted by Crippen LogP contribution is -2.65. The molecule has 1 aliphatic carbocycles. The summed E-state index contributed by atoms with van der Waals surface area (Å²) >= 11 is 0. The minimum absolute atomic E-state index is 0.0424. The highest BCUT2D eigenvalue weighted by Crippen LogP contribution is 2.30. The van der Waals surface area contributed by atoms with E-state index in [0.29, 0.717) is 0 Å². The Hall–Kier alpha value is -1.10. The Morgan fingerprint density at radius 1 is 1.32 bits per heavy atom. The molecule has 0 aromatic heterocycles. The molecule has 0 bridgehead atoms. The molecule has 0 aromatic carbocycles. The first-order valence-corrected chi connectivity index (χ1v) is 7.11. The van der Waals surface area contributed by atoms with Crippen LogP contribution in [-0.2, 0) is 14.3 Å². The largest absolute Gasteiger partial charge is 0.381 e. The molecule has 4 unspecified atom stereocenters. The summed E-state index contributed by atoms with van der Waals surface area (Å²) < 4.78 is 5.37. The Balaban J connectivity index is 2.16. The summed E-state index contributed by atoms with van der Waals surface area (Å²) in [6, 6.07) is -0.617. The Labute approximate surface area is 114 Å². The first-order chi connectivity index (χ1) is 8.95. The Kier molecular flexibility index (Phi) is 4.13. The summed E-state index contributed by atoms with van der Waals surface area (Å²) in [5, 5.41) is 2.83. The lowest BCUT2D eigenvalue weighted by molar-refractivity contribution is -0.152. The molecule has 19 heavy (non-hydrogen) atoms. The van der Waals surface area contributed by atoms with E-state index >= 15 is 0 Å². The van der Waals surface area contributed by atoms with Crippen LogP contribution in [0.1, 0.15) is 40.0 Å². The second kappa shape index (κ2) is 5.49. The maximum Gasteiger partial charge on any atom is 0.246 e. The van der Waals surface area contributed by atoms with Crippen molar-refractivity contribution in [2.45, 2.75) is 64.3 Å². The van der Waals surface area contributed by atoms with Crippen molar-refractivity contribution < 1.29 is 14.3 Å². The van der Waals surface area contributed by atoms with Gasteiger partial charge in [0.05, 0.1) is 6.10 Å². The van der Waals surface area contributed by atoms with E-state index in [1.165, 1.54) is 0 Å².